The second kappa shape index (κ2) is 6.40. The van der Waals surface area contributed by atoms with Gasteiger partial charge in [-0.15, -0.1) is 11.3 Å². The molecule has 3 aromatic rings. The highest BCUT2D eigenvalue weighted by Gasteiger charge is 2.23. The average Bonchev–Trinajstić information content (AvgIpc) is 3.20. The van der Waals surface area contributed by atoms with Gasteiger partial charge in [0.15, 0.2) is 5.82 Å². The van der Waals surface area contributed by atoms with Gasteiger partial charge in [0.2, 0.25) is 0 Å². The maximum absolute atomic E-state index is 12.6. The predicted molar refractivity (Wildman–Crippen MR) is 98.9 cm³/mol. The monoisotopic (exact) mass is 375 g/mol. The lowest BCUT2D eigenvalue weighted by Crippen LogP contribution is -2.35. The van der Waals surface area contributed by atoms with Crippen molar-refractivity contribution in [1.82, 2.24) is 24.6 Å². The molecular formula is C17H18ClN5OS. The molecule has 1 aliphatic rings. The van der Waals surface area contributed by atoms with Crippen LogP contribution in [-0.4, -0.2) is 31.2 Å². The summed E-state index contributed by atoms with van der Waals surface area (Å²) in [6.45, 7) is 4.07. The van der Waals surface area contributed by atoms with Crippen LogP contribution in [0.1, 0.15) is 22.5 Å². The highest BCUT2D eigenvalue weighted by atomic mass is 35.5. The number of fused-ring (bicyclic) bond motifs is 1. The van der Waals surface area contributed by atoms with Crippen molar-refractivity contribution in [2.24, 2.45) is 7.05 Å². The van der Waals surface area contributed by atoms with Crippen molar-refractivity contribution in [1.29, 1.82) is 0 Å². The molecule has 130 valence electrons. The Morgan fingerprint density at radius 1 is 1.44 bits per heavy atom. The van der Waals surface area contributed by atoms with Gasteiger partial charge in [-0.3, -0.25) is 14.4 Å². The smallest absolute Gasteiger partial charge is 0.255 e. The number of aromatic amines is 1. The van der Waals surface area contributed by atoms with Gasteiger partial charge in [-0.05, 0) is 18.4 Å². The standard InChI is InChI=1S/C17H18ClN5OS/c1-10-11(15(18)22(2)21-10)8-23-6-5-13-12(9-23)17(24)20-16(19-13)14-4-3-7-25-14/h3-4,7H,5-6,8-9H2,1-2H3,(H,19,20,24). The highest BCUT2D eigenvalue weighted by molar-refractivity contribution is 7.13. The summed E-state index contributed by atoms with van der Waals surface area (Å²) in [7, 11) is 1.84. The molecule has 1 N–H and O–H groups in total. The number of hydrogen-bond donors (Lipinski definition) is 1. The molecule has 0 spiro atoms. The number of aryl methyl sites for hydroxylation is 2. The molecule has 25 heavy (non-hydrogen) atoms. The number of H-pyrrole nitrogens is 1. The van der Waals surface area contributed by atoms with E-state index in [1.165, 1.54) is 0 Å². The van der Waals surface area contributed by atoms with E-state index in [0.717, 1.165) is 40.4 Å². The summed E-state index contributed by atoms with van der Waals surface area (Å²) in [4.78, 5) is 23.4. The van der Waals surface area contributed by atoms with Crippen molar-refractivity contribution in [3.05, 3.63) is 55.5 Å². The van der Waals surface area contributed by atoms with Gasteiger partial charge in [-0.1, -0.05) is 17.7 Å². The number of halogens is 1. The summed E-state index contributed by atoms with van der Waals surface area (Å²) < 4.78 is 1.69. The number of hydrogen-bond acceptors (Lipinski definition) is 5. The fourth-order valence-corrected chi connectivity index (χ4v) is 4.13. The molecule has 4 heterocycles. The zero-order valence-electron chi connectivity index (χ0n) is 14.0. The van der Waals surface area contributed by atoms with Crippen LogP contribution in [-0.2, 0) is 26.6 Å². The van der Waals surface area contributed by atoms with Gasteiger partial charge in [-0.2, -0.15) is 5.10 Å². The molecule has 0 unspecified atom stereocenters. The fraction of sp³-hybridized carbons (Fsp3) is 0.353. The summed E-state index contributed by atoms with van der Waals surface area (Å²) in [5, 5.41) is 7.00. The summed E-state index contributed by atoms with van der Waals surface area (Å²) in [5.41, 5.74) is 3.55. The number of rotatable bonds is 3. The topological polar surface area (TPSA) is 66.8 Å². The van der Waals surface area contributed by atoms with Crippen molar-refractivity contribution in [3.8, 4) is 10.7 Å². The molecule has 0 atom stereocenters. The van der Waals surface area contributed by atoms with Crippen LogP contribution in [0.15, 0.2) is 22.3 Å². The van der Waals surface area contributed by atoms with Gasteiger partial charge in [0.1, 0.15) is 5.15 Å². The number of aromatic nitrogens is 4. The van der Waals surface area contributed by atoms with Gasteiger partial charge in [0.05, 0.1) is 21.8 Å². The van der Waals surface area contributed by atoms with E-state index in [4.69, 9.17) is 11.6 Å². The minimum Gasteiger partial charge on any atom is -0.306 e. The van der Waals surface area contributed by atoms with Crippen molar-refractivity contribution < 1.29 is 0 Å². The molecule has 0 bridgehead atoms. The Bertz CT molecular complexity index is 976. The molecule has 6 nitrogen and oxygen atoms in total. The molecule has 0 fully saturated rings. The molecule has 1 aliphatic heterocycles. The second-order valence-electron chi connectivity index (χ2n) is 6.26. The lowest BCUT2D eigenvalue weighted by molar-refractivity contribution is 0.241. The van der Waals surface area contributed by atoms with E-state index in [0.29, 0.717) is 24.1 Å². The molecule has 0 saturated heterocycles. The SMILES string of the molecule is Cc1nn(C)c(Cl)c1CN1CCc2nc(-c3cccs3)[nH]c(=O)c2C1. The third-order valence-electron chi connectivity index (χ3n) is 4.55. The van der Waals surface area contributed by atoms with Crippen molar-refractivity contribution >= 4 is 22.9 Å². The summed E-state index contributed by atoms with van der Waals surface area (Å²) in [6, 6.07) is 3.93. The van der Waals surface area contributed by atoms with Crippen LogP contribution >= 0.6 is 22.9 Å². The molecule has 0 amide bonds. The Hall–Kier alpha value is -1.96. The molecule has 8 heteroatoms. The minimum atomic E-state index is -0.0490. The molecule has 0 aliphatic carbocycles. The van der Waals surface area contributed by atoms with Crippen LogP contribution in [0.3, 0.4) is 0 Å². The number of thiophene rings is 1. The van der Waals surface area contributed by atoms with Gasteiger partial charge in [0, 0.05) is 38.7 Å². The fourth-order valence-electron chi connectivity index (χ4n) is 3.22. The zero-order chi connectivity index (χ0) is 17.6. The van der Waals surface area contributed by atoms with E-state index < -0.39 is 0 Å². The third-order valence-corrected chi connectivity index (χ3v) is 5.90. The second-order valence-corrected chi connectivity index (χ2v) is 7.56. The maximum atomic E-state index is 12.6. The first-order chi connectivity index (χ1) is 12.0. The average molecular weight is 376 g/mol. The van der Waals surface area contributed by atoms with Crippen LogP contribution in [0.4, 0.5) is 0 Å². The first kappa shape index (κ1) is 16.5. The van der Waals surface area contributed by atoms with Crippen LogP contribution in [0, 0.1) is 6.92 Å². The Morgan fingerprint density at radius 2 is 2.28 bits per heavy atom. The number of nitrogens with one attached hydrogen (secondary N) is 1. The summed E-state index contributed by atoms with van der Waals surface area (Å²) in [5.74, 6) is 0.665. The van der Waals surface area contributed by atoms with Gasteiger partial charge >= 0.3 is 0 Å². The highest BCUT2D eigenvalue weighted by Crippen LogP contribution is 2.25. The Labute approximate surface area is 154 Å². The predicted octanol–water partition coefficient (Wildman–Crippen LogP) is 2.75. The normalized spacial score (nSPS) is 14.7. The van der Waals surface area contributed by atoms with Gasteiger partial charge < -0.3 is 4.98 Å². The van der Waals surface area contributed by atoms with Crippen LogP contribution in [0.2, 0.25) is 5.15 Å². The lowest BCUT2D eigenvalue weighted by atomic mass is 10.1. The van der Waals surface area contributed by atoms with Crippen molar-refractivity contribution in [3.63, 3.8) is 0 Å². The van der Waals surface area contributed by atoms with Gasteiger partial charge in [-0.25, -0.2) is 4.98 Å². The van der Waals surface area contributed by atoms with Crippen LogP contribution in [0.25, 0.3) is 10.7 Å². The Morgan fingerprint density at radius 3 is 2.96 bits per heavy atom. The largest absolute Gasteiger partial charge is 0.306 e. The molecule has 0 aromatic carbocycles. The summed E-state index contributed by atoms with van der Waals surface area (Å²) in [6.07, 6.45) is 0.758. The van der Waals surface area contributed by atoms with E-state index in [1.807, 2.05) is 31.5 Å². The molecule has 0 radical (unpaired) electrons. The zero-order valence-corrected chi connectivity index (χ0v) is 15.6. The van der Waals surface area contributed by atoms with E-state index in [2.05, 4.69) is 20.0 Å². The van der Waals surface area contributed by atoms with Crippen LogP contribution in [0.5, 0.6) is 0 Å². The first-order valence-electron chi connectivity index (χ1n) is 8.09. The minimum absolute atomic E-state index is 0.0490. The molecule has 0 saturated carbocycles. The van der Waals surface area contributed by atoms with E-state index in [-0.39, 0.29) is 5.56 Å². The Kier molecular flexibility index (Phi) is 4.23. The third kappa shape index (κ3) is 3.03. The molecule has 4 rings (SSSR count). The summed E-state index contributed by atoms with van der Waals surface area (Å²) >= 11 is 7.91. The van der Waals surface area contributed by atoms with E-state index >= 15 is 0 Å². The maximum Gasteiger partial charge on any atom is 0.255 e. The quantitative estimate of drug-likeness (QED) is 0.764. The lowest BCUT2D eigenvalue weighted by Gasteiger charge is -2.27. The van der Waals surface area contributed by atoms with E-state index in [1.54, 1.807) is 16.0 Å². The van der Waals surface area contributed by atoms with Crippen LogP contribution < -0.4 is 5.56 Å². The van der Waals surface area contributed by atoms with Crippen molar-refractivity contribution in [2.45, 2.75) is 26.4 Å². The van der Waals surface area contributed by atoms with E-state index in [9.17, 15) is 4.79 Å². The first-order valence-corrected chi connectivity index (χ1v) is 9.35. The molecular weight excluding hydrogens is 358 g/mol. The molecule has 3 aromatic heterocycles. The van der Waals surface area contributed by atoms with Crippen molar-refractivity contribution in [2.75, 3.05) is 6.54 Å². The number of nitrogens with zero attached hydrogens (tertiary/aromatic N) is 4. The Balaban J connectivity index is 1.60. The van der Waals surface area contributed by atoms with Gasteiger partial charge in [0.25, 0.3) is 5.56 Å².